The molecule has 0 bridgehead atoms. The van der Waals surface area contributed by atoms with Gasteiger partial charge < -0.3 is 10.1 Å². The van der Waals surface area contributed by atoms with Gasteiger partial charge in [0.2, 0.25) is 5.91 Å². The van der Waals surface area contributed by atoms with E-state index in [9.17, 15) is 4.79 Å². The molecule has 0 aromatic heterocycles. The molecule has 0 aromatic rings. The van der Waals surface area contributed by atoms with E-state index in [1.54, 1.807) is 6.26 Å². The maximum Gasteiger partial charge on any atom is 0.224 e. The molecular formula is C10H17NO2. The summed E-state index contributed by atoms with van der Waals surface area (Å²) in [4.78, 5) is 11.4. The van der Waals surface area contributed by atoms with Gasteiger partial charge in [-0.25, -0.2) is 0 Å². The maximum atomic E-state index is 11.4. The number of nitrogens with one attached hydrogen (secondary N) is 1. The predicted molar refractivity (Wildman–Crippen MR) is 51.1 cm³/mol. The third kappa shape index (κ3) is 3.97. The topological polar surface area (TPSA) is 38.3 Å². The summed E-state index contributed by atoms with van der Waals surface area (Å²) in [6, 6.07) is 0. The average Bonchev–Trinajstić information content (AvgIpc) is 2.34. The lowest BCUT2D eigenvalue weighted by Crippen LogP contribution is -2.41. The van der Waals surface area contributed by atoms with Crippen molar-refractivity contribution < 1.29 is 9.53 Å². The van der Waals surface area contributed by atoms with Crippen molar-refractivity contribution in [1.29, 1.82) is 0 Å². The molecule has 0 aliphatic carbocycles. The molecule has 1 rings (SSSR count). The van der Waals surface area contributed by atoms with E-state index in [2.05, 4.69) is 5.32 Å². The summed E-state index contributed by atoms with van der Waals surface area (Å²) >= 11 is 0. The third-order valence-electron chi connectivity index (χ3n) is 1.69. The van der Waals surface area contributed by atoms with Crippen LogP contribution in [0.15, 0.2) is 12.3 Å². The number of amides is 1. The van der Waals surface area contributed by atoms with Gasteiger partial charge in [-0.3, -0.25) is 4.79 Å². The van der Waals surface area contributed by atoms with E-state index >= 15 is 0 Å². The summed E-state index contributed by atoms with van der Waals surface area (Å²) in [6.07, 6.45) is 4.94. The molecule has 1 aliphatic rings. The highest BCUT2D eigenvalue weighted by atomic mass is 16.5. The van der Waals surface area contributed by atoms with Crippen LogP contribution in [0.1, 0.15) is 33.6 Å². The normalized spacial score (nSPS) is 21.3. The highest BCUT2D eigenvalue weighted by Crippen LogP contribution is 2.12. The van der Waals surface area contributed by atoms with E-state index in [0.29, 0.717) is 6.42 Å². The SMILES string of the molecule is CC(C)(C)NC(=O)CC1CC=CO1. The first-order valence-electron chi connectivity index (χ1n) is 4.59. The molecule has 0 aromatic carbocycles. The Morgan fingerprint density at radius 1 is 1.62 bits per heavy atom. The minimum Gasteiger partial charge on any atom is -0.498 e. The number of hydrogen-bond acceptors (Lipinski definition) is 2. The van der Waals surface area contributed by atoms with Crippen LogP contribution in [-0.2, 0) is 9.53 Å². The van der Waals surface area contributed by atoms with Gasteiger partial charge in [-0.2, -0.15) is 0 Å². The molecule has 1 heterocycles. The average molecular weight is 183 g/mol. The number of carbonyl (C=O) groups is 1. The lowest BCUT2D eigenvalue weighted by Gasteiger charge is -2.21. The summed E-state index contributed by atoms with van der Waals surface area (Å²) in [6.45, 7) is 5.91. The van der Waals surface area contributed by atoms with E-state index in [-0.39, 0.29) is 17.6 Å². The van der Waals surface area contributed by atoms with Gasteiger partial charge in [-0.1, -0.05) is 0 Å². The molecule has 3 nitrogen and oxygen atoms in total. The van der Waals surface area contributed by atoms with Crippen LogP contribution < -0.4 is 5.32 Å². The van der Waals surface area contributed by atoms with Crippen molar-refractivity contribution in [3.63, 3.8) is 0 Å². The summed E-state index contributed by atoms with van der Waals surface area (Å²) in [5, 5.41) is 2.90. The summed E-state index contributed by atoms with van der Waals surface area (Å²) in [5.74, 6) is 0.0567. The minimum atomic E-state index is -0.150. The molecule has 0 spiro atoms. The van der Waals surface area contributed by atoms with Gasteiger partial charge in [0, 0.05) is 12.0 Å². The first-order chi connectivity index (χ1) is 5.97. The summed E-state index contributed by atoms with van der Waals surface area (Å²) < 4.78 is 5.20. The Morgan fingerprint density at radius 3 is 2.77 bits per heavy atom. The van der Waals surface area contributed by atoms with Crippen molar-refractivity contribution in [3.05, 3.63) is 12.3 Å². The quantitative estimate of drug-likeness (QED) is 0.706. The fourth-order valence-electron chi connectivity index (χ4n) is 1.24. The Hall–Kier alpha value is -0.990. The smallest absolute Gasteiger partial charge is 0.224 e. The second-order valence-corrected chi connectivity index (χ2v) is 4.37. The third-order valence-corrected chi connectivity index (χ3v) is 1.69. The van der Waals surface area contributed by atoms with Crippen LogP contribution in [0.5, 0.6) is 0 Å². The van der Waals surface area contributed by atoms with Gasteiger partial charge in [0.15, 0.2) is 0 Å². The molecule has 1 N–H and O–H groups in total. The summed E-state index contributed by atoms with van der Waals surface area (Å²) in [7, 11) is 0. The molecule has 0 radical (unpaired) electrons. The highest BCUT2D eigenvalue weighted by molar-refractivity contribution is 5.77. The zero-order valence-electron chi connectivity index (χ0n) is 8.46. The fraction of sp³-hybridized carbons (Fsp3) is 0.700. The van der Waals surface area contributed by atoms with Crippen LogP contribution in [0.4, 0.5) is 0 Å². The van der Waals surface area contributed by atoms with Crippen LogP contribution in [-0.4, -0.2) is 17.6 Å². The molecule has 13 heavy (non-hydrogen) atoms. The zero-order chi connectivity index (χ0) is 9.90. The molecule has 3 heteroatoms. The first kappa shape index (κ1) is 10.1. The largest absolute Gasteiger partial charge is 0.498 e. The molecular weight excluding hydrogens is 166 g/mol. The second-order valence-electron chi connectivity index (χ2n) is 4.37. The van der Waals surface area contributed by atoms with Crippen LogP contribution >= 0.6 is 0 Å². The van der Waals surface area contributed by atoms with E-state index in [1.807, 2.05) is 26.8 Å². The number of ether oxygens (including phenoxy) is 1. The molecule has 0 fully saturated rings. The molecule has 0 saturated heterocycles. The van der Waals surface area contributed by atoms with E-state index in [4.69, 9.17) is 4.74 Å². The first-order valence-corrected chi connectivity index (χ1v) is 4.59. The van der Waals surface area contributed by atoms with Crippen molar-refractivity contribution in [2.45, 2.75) is 45.3 Å². The Bertz CT molecular complexity index is 207. The standard InChI is InChI=1S/C10H17NO2/c1-10(2,3)11-9(12)7-8-5-4-6-13-8/h4,6,8H,5,7H2,1-3H3,(H,11,12). The molecule has 1 amide bonds. The van der Waals surface area contributed by atoms with Crippen LogP contribution in [0, 0.1) is 0 Å². The van der Waals surface area contributed by atoms with Crippen molar-refractivity contribution in [3.8, 4) is 0 Å². The van der Waals surface area contributed by atoms with E-state index < -0.39 is 0 Å². The van der Waals surface area contributed by atoms with E-state index in [0.717, 1.165) is 6.42 Å². The lowest BCUT2D eigenvalue weighted by atomic mass is 10.1. The fourth-order valence-corrected chi connectivity index (χ4v) is 1.24. The van der Waals surface area contributed by atoms with Gasteiger partial charge >= 0.3 is 0 Å². The van der Waals surface area contributed by atoms with Gasteiger partial charge in [0.1, 0.15) is 6.10 Å². The zero-order valence-corrected chi connectivity index (χ0v) is 8.46. The van der Waals surface area contributed by atoms with Crippen molar-refractivity contribution in [2.24, 2.45) is 0 Å². The second kappa shape index (κ2) is 3.81. The molecule has 1 atom stereocenters. The van der Waals surface area contributed by atoms with Gasteiger partial charge in [-0.05, 0) is 26.8 Å². The van der Waals surface area contributed by atoms with Gasteiger partial charge in [-0.15, -0.1) is 0 Å². The molecule has 74 valence electrons. The number of hydrogen-bond donors (Lipinski definition) is 1. The van der Waals surface area contributed by atoms with Crippen molar-refractivity contribution in [1.82, 2.24) is 5.32 Å². The Balaban J connectivity index is 2.25. The van der Waals surface area contributed by atoms with Gasteiger partial charge in [0.25, 0.3) is 0 Å². The number of rotatable bonds is 2. The van der Waals surface area contributed by atoms with Crippen LogP contribution in [0.3, 0.4) is 0 Å². The summed E-state index contributed by atoms with van der Waals surface area (Å²) in [5.41, 5.74) is -0.150. The Morgan fingerprint density at radius 2 is 2.31 bits per heavy atom. The Labute approximate surface area is 79.2 Å². The van der Waals surface area contributed by atoms with Crippen molar-refractivity contribution in [2.75, 3.05) is 0 Å². The van der Waals surface area contributed by atoms with E-state index in [1.165, 1.54) is 0 Å². The monoisotopic (exact) mass is 183 g/mol. The molecule has 1 unspecified atom stereocenters. The molecule has 1 aliphatic heterocycles. The predicted octanol–water partition coefficient (Wildman–Crippen LogP) is 1.59. The van der Waals surface area contributed by atoms with Crippen LogP contribution in [0.2, 0.25) is 0 Å². The van der Waals surface area contributed by atoms with Crippen molar-refractivity contribution >= 4 is 5.91 Å². The highest BCUT2D eigenvalue weighted by Gasteiger charge is 2.19. The van der Waals surface area contributed by atoms with Crippen LogP contribution in [0.25, 0.3) is 0 Å². The lowest BCUT2D eigenvalue weighted by molar-refractivity contribution is -0.124. The maximum absolute atomic E-state index is 11.4. The Kier molecular flexibility index (Phi) is 2.96. The number of carbonyl (C=O) groups excluding carboxylic acids is 1. The molecule has 0 saturated carbocycles. The van der Waals surface area contributed by atoms with Gasteiger partial charge in [0.05, 0.1) is 12.7 Å². The minimum absolute atomic E-state index is 0.0438.